The number of hydrogen-bond donors (Lipinski definition) is 2. The first-order valence-electron chi connectivity index (χ1n) is 8.67. The van der Waals surface area contributed by atoms with Crippen molar-refractivity contribution in [3.63, 3.8) is 0 Å². The number of carbonyl (C=O) groups excluding carboxylic acids is 2. The topological polar surface area (TPSA) is 107 Å². The van der Waals surface area contributed by atoms with E-state index in [-0.39, 0.29) is 5.56 Å². The van der Waals surface area contributed by atoms with Crippen LogP contribution in [0.2, 0.25) is 0 Å². The lowest BCUT2D eigenvalue weighted by Crippen LogP contribution is -2.39. The zero-order chi connectivity index (χ0) is 20.3. The van der Waals surface area contributed by atoms with Crippen molar-refractivity contribution < 1.29 is 9.59 Å². The van der Waals surface area contributed by atoms with Crippen LogP contribution in [0.25, 0.3) is 10.9 Å². The number of amides is 3. The van der Waals surface area contributed by atoms with Crippen molar-refractivity contribution in [3.05, 3.63) is 70.0 Å². The minimum absolute atomic E-state index is 0.184. The first-order chi connectivity index (χ1) is 13.3. The number of rotatable bonds is 5. The molecule has 0 bridgehead atoms. The first-order valence-corrected chi connectivity index (χ1v) is 9.55. The molecule has 0 radical (unpaired) electrons. The average Bonchev–Trinajstić information content (AvgIpc) is 2.66. The van der Waals surface area contributed by atoms with E-state index in [9.17, 15) is 14.4 Å². The third kappa shape index (κ3) is 4.40. The quantitative estimate of drug-likeness (QED) is 0.509. The fourth-order valence-electron chi connectivity index (χ4n) is 2.69. The lowest BCUT2D eigenvalue weighted by molar-refractivity contribution is -0.119. The van der Waals surface area contributed by atoms with Crippen LogP contribution in [0.3, 0.4) is 0 Å². The summed E-state index contributed by atoms with van der Waals surface area (Å²) in [6.45, 7) is 3.94. The SMILES string of the molecule is Cc1ccc(Cn2c(SC(C)C(=O)NC(N)=O)nc3ccccc3c2=O)cc1. The van der Waals surface area contributed by atoms with Gasteiger partial charge in [-0.25, -0.2) is 9.78 Å². The summed E-state index contributed by atoms with van der Waals surface area (Å²) in [5, 5.41) is 2.30. The van der Waals surface area contributed by atoms with Crippen molar-refractivity contribution in [1.82, 2.24) is 14.9 Å². The van der Waals surface area contributed by atoms with Crippen LogP contribution >= 0.6 is 11.8 Å². The minimum Gasteiger partial charge on any atom is -0.351 e. The Morgan fingerprint density at radius 1 is 1.18 bits per heavy atom. The molecule has 0 aliphatic rings. The fraction of sp³-hybridized carbons (Fsp3) is 0.200. The molecule has 1 atom stereocenters. The number of hydrogen-bond acceptors (Lipinski definition) is 5. The highest BCUT2D eigenvalue weighted by Crippen LogP contribution is 2.23. The van der Waals surface area contributed by atoms with Gasteiger partial charge in [-0.15, -0.1) is 0 Å². The second-order valence-corrected chi connectivity index (χ2v) is 7.71. The molecule has 3 rings (SSSR count). The van der Waals surface area contributed by atoms with E-state index in [2.05, 4.69) is 10.3 Å². The Labute approximate surface area is 166 Å². The van der Waals surface area contributed by atoms with Gasteiger partial charge in [-0.2, -0.15) is 0 Å². The number of carbonyl (C=O) groups is 2. The molecule has 1 aromatic heterocycles. The third-order valence-electron chi connectivity index (χ3n) is 4.19. The lowest BCUT2D eigenvalue weighted by atomic mass is 10.1. The maximum absolute atomic E-state index is 13.1. The second kappa shape index (κ2) is 8.26. The predicted molar refractivity (Wildman–Crippen MR) is 109 cm³/mol. The normalized spacial score (nSPS) is 11.9. The zero-order valence-electron chi connectivity index (χ0n) is 15.5. The number of nitrogens with two attached hydrogens (primary N) is 1. The Morgan fingerprint density at radius 2 is 1.86 bits per heavy atom. The maximum atomic E-state index is 13.1. The van der Waals surface area contributed by atoms with Gasteiger partial charge in [0.1, 0.15) is 0 Å². The Balaban J connectivity index is 2.03. The van der Waals surface area contributed by atoms with E-state index in [4.69, 9.17) is 5.73 Å². The molecule has 3 N–H and O–H groups in total. The number of fused-ring (bicyclic) bond motifs is 1. The van der Waals surface area contributed by atoms with Crippen LogP contribution in [0.15, 0.2) is 58.5 Å². The number of benzene rings is 2. The molecule has 144 valence electrons. The van der Waals surface area contributed by atoms with Gasteiger partial charge >= 0.3 is 6.03 Å². The van der Waals surface area contributed by atoms with Crippen molar-refractivity contribution in [2.24, 2.45) is 5.73 Å². The number of aromatic nitrogens is 2. The molecule has 2 aromatic carbocycles. The van der Waals surface area contributed by atoms with Gasteiger partial charge in [0.2, 0.25) is 5.91 Å². The molecule has 7 nitrogen and oxygen atoms in total. The second-order valence-electron chi connectivity index (χ2n) is 6.40. The van der Waals surface area contributed by atoms with E-state index in [1.807, 2.05) is 31.2 Å². The highest BCUT2D eigenvalue weighted by molar-refractivity contribution is 8.00. The van der Waals surface area contributed by atoms with E-state index in [0.717, 1.165) is 22.9 Å². The van der Waals surface area contributed by atoms with E-state index in [1.54, 1.807) is 35.8 Å². The molecule has 0 saturated heterocycles. The molecule has 0 aliphatic carbocycles. The number of aryl methyl sites for hydroxylation is 1. The number of thioether (sulfide) groups is 1. The number of para-hydroxylation sites is 1. The highest BCUT2D eigenvalue weighted by atomic mass is 32.2. The average molecular weight is 396 g/mol. The summed E-state index contributed by atoms with van der Waals surface area (Å²) in [5.74, 6) is -0.540. The summed E-state index contributed by atoms with van der Waals surface area (Å²) >= 11 is 1.10. The maximum Gasteiger partial charge on any atom is 0.318 e. The van der Waals surface area contributed by atoms with Crippen molar-refractivity contribution in [3.8, 4) is 0 Å². The Bertz CT molecular complexity index is 1090. The van der Waals surface area contributed by atoms with Gasteiger partial charge in [-0.1, -0.05) is 53.7 Å². The van der Waals surface area contributed by atoms with Crippen molar-refractivity contribution in [1.29, 1.82) is 0 Å². The lowest BCUT2D eigenvalue weighted by Gasteiger charge is -2.16. The largest absolute Gasteiger partial charge is 0.351 e. The molecule has 3 amide bonds. The first kappa shape index (κ1) is 19.6. The van der Waals surface area contributed by atoms with Crippen LogP contribution in [0, 0.1) is 6.92 Å². The Hall–Kier alpha value is -3.13. The number of primary amides is 1. The molecule has 1 unspecified atom stereocenters. The van der Waals surface area contributed by atoms with Crippen molar-refractivity contribution >= 4 is 34.6 Å². The van der Waals surface area contributed by atoms with Gasteiger partial charge in [-0.3, -0.25) is 19.5 Å². The molecular formula is C20H20N4O3S. The molecule has 28 heavy (non-hydrogen) atoms. The summed E-state index contributed by atoms with van der Waals surface area (Å²) in [6.07, 6.45) is 0. The summed E-state index contributed by atoms with van der Waals surface area (Å²) in [5.41, 5.74) is 7.46. The molecule has 0 spiro atoms. The summed E-state index contributed by atoms with van der Waals surface area (Å²) < 4.78 is 1.55. The molecular weight excluding hydrogens is 376 g/mol. The van der Waals surface area contributed by atoms with Gasteiger partial charge in [0.15, 0.2) is 5.16 Å². The summed E-state index contributed by atoms with van der Waals surface area (Å²) in [6, 6.07) is 14.0. The van der Waals surface area contributed by atoms with Crippen molar-refractivity contribution in [2.45, 2.75) is 30.8 Å². The molecule has 1 heterocycles. The van der Waals surface area contributed by atoms with Crippen molar-refractivity contribution in [2.75, 3.05) is 0 Å². The van der Waals surface area contributed by atoms with Crippen LogP contribution in [0.4, 0.5) is 4.79 Å². The van der Waals surface area contributed by atoms with E-state index >= 15 is 0 Å². The summed E-state index contributed by atoms with van der Waals surface area (Å²) in [7, 11) is 0. The Kier molecular flexibility index (Phi) is 5.79. The van der Waals surface area contributed by atoms with E-state index < -0.39 is 17.2 Å². The zero-order valence-corrected chi connectivity index (χ0v) is 16.3. The number of imide groups is 1. The smallest absolute Gasteiger partial charge is 0.318 e. The number of nitrogens with zero attached hydrogens (tertiary/aromatic N) is 2. The van der Waals surface area contributed by atoms with Crippen LogP contribution in [-0.4, -0.2) is 26.7 Å². The standard InChI is InChI=1S/C20H20N4O3S/c1-12-7-9-14(10-8-12)11-24-18(26)15-5-3-4-6-16(15)22-20(24)28-13(2)17(25)23-19(21)27/h3-10,13H,11H2,1-2H3,(H3,21,23,25,27). The number of nitrogens with one attached hydrogen (secondary N) is 1. The molecule has 0 fully saturated rings. The molecule has 8 heteroatoms. The molecule has 0 aliphatic heterocycles. The third-order valence-corrected chi connectivity index (χ3v) is 5.28. The highest BCUT2D eigenvalue weighted by Gasteiger charge is 2.20. The molecule has 0 saturated carbocycles. The van der Waals surface area contributed by atoms with Gasteiger partial charge in [0.25, 0.3) is 5.56 Å². The minimum atomic E-state index is -0.916. The van der Waals surface area contributed by atoms with E-state index in [1.165, 1.54) is 0 Å². The fourth-order valence-corrected chi connectivity index (χ4v) is 3.60. The Morgan fingerprint density at radius 3 is 2.54 bits per heavy atom. The number of urea groups is 1. The van der Waals surface area contributed by atoms with Crippen LogP contribution in [0.1, 0.15) is 18.1 Å². The van der Waals surface area contributed by atoms with Gasteiger partial charge in [0, 0.05) is 0 Å². The predicted octanol–water partition coefficient (Wildman–Crippen LogP) is 2.43. The van der Waals surface area contributed by atoms with Gasteiger partial charge < -0.3 is 5.73 Å². The van der Waals surface area contributed by atoms with Gasteiger partial charge in [0.05, 0.1) is 22.7 Å². The van der Waals surface area contributed by atoms with Crippen LogP contribution in [-0.2, 0) is 11.3 Å². The van der Waals surface area contributed by atoms with Crippen LogP contribution in [0.5, 0.6) is 0 Å². The summed E-state index contributed by atoms with van der Waals surface area (Å²) in [4.78, 5) is 40.7. The monoisotopic (exact) mass is 396 g/mol. The van der Waals surface area contributed by atoms with E-state index in [0.29, 0.717) is 22.6 Å². The molecule has 3 aromatic rings. The van der Waals surface area contributed by atoms with Gasteiger partial charge in [-0.05, 0) is 31.5 Å². The van der Waals surface area contributed by atoms with Crippen LogP contribution < -0.4 is 16.6 Å².